The molecule has 0 aliphatic carbocycles. The number of rotatable bonds is 5. The molecule has 0 amide bonds. The number of likely N-dealkylation sites (N-methyl/N-ethyl adjacent to an activating group) is 2. The van der Waals surface area contributed by atoms with Gasteiger partial charge in [0.15, 0.2) is 4.20 Å². The molecule has 0 saturated heterocycles. The lowest BCUT2D eigenvalue weighted by atomic mass is 10.6. The molecule has 0 bridgehead atoms. The van der Waals surface area contributed by atoms with Crippen LogP contribution in [-0.4, -0.2) is 24.8 Å². The Labute approximate surface area is 80.7 Å². The predicted octanol–water partition coefficient (Wildman–Crippen LogP) is 0.508. The summed E-state index contributed by atoms with van der Waals surface area (Å²) in [6, 6.07) is 0. The van der Waals surface area contributed by atoms with Gasteiger partial charge in [0.25, 0.3) is 0 Å². The van der Waals surface area contributed by atoms with E-state index in [0.29, 0.717) is 6.54 Å². The maximum atomic E-state index is 8.51. The molecular weight excluding hydrogens is 192 g/mol. The molecule has 66 valence electrons. The minimum absolute atomic E-state index is 0.556. The fraction of sp³-hybridized carbons (Fsp3) is 0.667. The molecule has 0 aliphatic heterocycles. The molecule has 0 radical (unpaired) electrons. The van der Waals surface area contributed by atoms with E-state index in [-0.39, 0.29) is 0 Å². The molecule has 0 aromatic heterocycles. The van der Waals surface area contributed by atoms with Crippen LogP contribution >= 0.6 is 23.5 Å². The summed E-state index contributed by atoms with van der Waals surface area (Å²) >= 11 is 2.09. The van der Waals surface area contributed by atoms with Crippen LogP contribution in [-0.2, 0) is 0 Å². The molecule has 0 heterocycles. The Kier molecular flexibility index (Phi) is 5.95. The van der Waals surface area contributed by atoms with Gasteiger partial charge in [0.2, 0.25) is 0 Å². The highest BCUT2D eigenvalue weighted by Crippen LogP contribution is 2.32. The minimum Gasteiger partial charge on any atom is -0.316 e. The topological polar surface area (TPSA) is 71.6 Å². The number of hydrogen-bond acceptors (Lipinski definition) is 6. The van der Waals surface area contributed by atoms with Gasteiger partial charge in [0.05, 0.1) is 0 Å². The molecule has 0 rings (SSSR count). The quantitative estimate of drug-likeness (QED) is 0.500. The van der Waals surface area contributed by atoms with E-state index in [9.17, 15) is 0 Å². The smallest absolute Gasteiger partial charge is 0.152 e. The highest BCUT2D eigenvalue weighted by Gasteiger charge is 2.29. The van der Waals surface area contributed by atoms with Gasteiger partial charge in [-0.05, 0) is 37.6 Å². The van der Waals surface area contributed by atoms with E-state index < -0.39 is 4.20 Å². The Morgan fingerprint density at radius 2 is 1.75 bits per heavy atom. The first kappa shape index (κ1) is 11.6. The van der Waals surface area contributed by atoms with Crippen molar-refractivity contribution in [2.75, 3.05) is 20.6 Å². The van der Waals surface area contributed by atoms with Crippen LogP contribution in [0.2, 0.25) is 0 Å². The summed E-state index contributed by atoms with van der Waals surface area (Å²) in [7, 11) is 3.51. The van der Waals surface area contributed by atoms with Crippen molar-refractivity contribution in [3.8, 4) is 10.8 Å². The SMILES string of the molecule is CNCC(NC)(SC#N)SC#N. The van der Waals surface area contributed by atoms with E-state index >= 15 is 0 Å². The highest BCUT2D eigenvalue weighted by molar-refractivity contribution is 8.22. The van der Waals surface area contributed by atoms with E-state index in [1.165, 1.54) is 0 Å². The Morgan fingerprint density at radius 1 is 1.25 bits per heavy atom. The monoisotopic (exact) mass is 202 g/mol. The molecule has 2 N–H and O–H groups in total. The maximum Gasteiger partial charge on any atom is 0.152 e. The van der Waals surface area contributed by atoms with Crippen LogP contribution in [0.25, 0.3) is 0 Å². The summed E-state index contributed by atoms with van der Waals surface area (Å²) in [5.41, 5.74) is 0. The first-order valence-electron chi connectivity index (χ1n) is 3.22. The second kappa shape index (κ2) is 6.15. The summed E-state index contributed by atoms with van der Waals surface area (Å²) in [6.07, 6.45) is 0. The standard InChI is InChI=1S/C6H10N4S2/c1-9-3-6(10-2,11-4-7)12-5-8/h9-10H,3H2,1-2H3. The summed E-state index contributed by atoms with van der Waals surface area (Å²) < 4.78 is -0.557. The fourth-order valence-electron chi connectivity index (χ4n) is 0.664. The van der Waals surface area contributed by atoms with Gasteiger partial charge in [-0.3, -0.25) is 5.32 Å². The second-order valence-electron chi connectivity index (χ2n) is 1.92. The molecule has 0 aliphatic rings. The van der Waals surface area contributed by atoms with Gasteiger partial charge >= 0.3 is 0 Å². The van der Waals surface area contributed by atoms with Gasteiger partial charge in [-0.25, -0.2) is 0 Å². The van der Waals surface area contributed by atoms with E-state index in [1.54, 1.807) is 14.1 Å². The first-order valence-corrected chi connectivity index (χ1v) is 4.85. The largest absolute Gasteiger partial charge is 0.316 e. The van der Waals surface area contributed by atoms with Crippen LogP contribution in [0.1, 0.15) is 0 Å². The molecule has 0 unspecified atom stereocenters. The van der Waals surface area contributed by atoms with E-state index in [1.807, 2.05) is 10.8 Å². The molecule has 0 atom stereocenters. The molecule has 4 nitrogen and oxygen atoms in total. The van der Waals surface area contributed by atoms with Crippen molar-refractivity contribution in [1.82, 2.24) is 10.6 Å². The third-order valence-electron chi connectivity index (χ3n) is 1.21. The Hall–Kier alpha value is -0.400. The molecule has 0 spiro atoms. The normalized spacial score (nSPS) is 10.3. The van der Waals surface area contributed by atoms with Crippen LogP contribution in [0.4, 0.5) is 0 Å². The van der Waals surface area contributed by atoms with Gasteiger partial charge in [-0.2, -0.15) is 10.5 Å². The van der Waals surface area contributed by atoms with Crippen LogP contribution in [0.15, 0.2) is 0 Å². The van der Waals surface area contributed by atoms with Crippen LogP contribution in [0.5, 0.6) is 0 Å². The molecule has 0 aromatic rings. The van der Waals surface area contributed by atoms with Crippen molar-refractivity contribution in [2.45, 2.75) is 4.20 Å². The Balaban J connectivity index is 4.31. The Morgan fingerprint density at radius 3 is 2.00 bits per heavy atom. The van der Waals surface area contributed by atoms with E-state index in [4.69, 9.17) is 10.5 Å². The van der Waals surface area contributed by atoms with Crippen LogP contribution in [0, 0.1) is 21.3 Å². The Bertz CT molecular complexity index is 189. The number of nitriles is 2. The fourth-order valence-corrected chi connectivity index (χ4v) is 1.99. The number of thioether (sulfide) groups is 2. The third kappa shape index (κ3) is 3.33. The second-order valence-corrected chi connectivity index (χ2v) is 4.35. The zero-order chi connectivity index (χ0) is 9.45. The first-order chi connectivity index (χ1) is 5.74. The summed E-state index contributed by atoms with van der Waals surface area (Å²) in [4.78, 5) is 0. The van der Waals surface area contributed by atoms with E-state index in [0.717, 1.165) is 23.5 Å². The van der Waals surface area contributed by atoms with Crippen molar-refractivity contribution in [3.63, 3.8) is 0 Å². The number of thiocyanates is 2. The average molecular weight is 202 g/mol. The maximum absolute atomic E-state index is 8.51. The summed E-state index contributed by atoms with van der Waals surface area (Å²) in [5.74, 6) is 0. The molecule has 0 saturated carbocycles. The predicted molar refractivity (Wildman–Crippen MR) is 52.1 cm³/mol. The van der Waals surface area contributed by atoms with Crippen molar-refractivity contribution < 1.29 is 0 Å². The van der Waals surface area contributed by atoms with Gasteiger partial charge in [-0.1, -0.05) is 0 Å². The summed E-state index contributed by atoms with van der Waals surface area (Å²) in [6.45, 7) is 0.556. The number of nitrogens with one attached hydrogen (secondary N) is 2. The van der Waals surface area contributed by atoms with Crippen molar-refractivity contribution >= 4 is 23.5 Å². The number of nitrogens with zero attached hydrogens (tertiary/aromatic N) is 2. The highest BCUT2D eigenvalue weighted by atomic mass is 32.2. The molecule has 12 heavy (non-hydrogen) atoms. The zero-order valence-electron chi connectivity index (χ0n) is 6.92. The van der Waals surface area contributed by atoms with E-state index in [2.05, 4.69) is 10.6 Å². The molecular formula is C6H10N4S2. The minimum atomic E-state index is -0.557. The number of hydrogen-bond donors (Lipinski definition) is 2. The molecule has 0 fully saturated rings. The van der Waals surface area contributed by atoms with Crippen LogP contribution in [0.3, 0.4) is 0 Å². The van der Waals surface area contributed by atoms with Gasteiger partial charge in [0.1, 0.15) is 10.8 Å². The molecule has 0 aromatic carbocycles. The van der Waals surface area contributed by atoms with Crippen LogP contribution < -0.4 is 10.6 Å². The van der Waals surface area contributed by atoms with Gasteiger partial charge in [-0.15, -0.1) is 0 Å². The van der Waals surface area contributed by atoms with Gasteiger partial charge in [0, 0.05) is 6.54 Å². The lowest BCUT2D eigenvalue weighted by molar-refractivity contribution is 0.638. The zero-order valence-corrected chi connectivity index (χ0v) is 8.55. The lowest BCUT2D eigenvalue weighted by Crippen LogP contribution is -2.43. The summed E-state index contributed by atoms with van der Waals surface area (Å²) in [5, 5.41) is 26.8. The van der Waals surface area contributed by atoms with Crippen molar-refractivity contribution in [2.24, 2.45) is 0 Å². The average Bonchev–Trinajstić information content (AvgIpc) is 2.06. The molecule has 6 heteroatoms. The van der Waals surface area contributed by atoms with Crippen molar-refractivity contribution in [3.05, 3.63) is 0 Å². The van der Waals surface area contributed by atoms with Gasteiger partial charge < -0.3 is 5.32 Å². The van der Waals surface area contributed by atoms with Crippen molar-refractivity contribution in [1.29, 1.82) is 10.5 Å². The third-order valence-corrected chi connectivity index (χ3v) is 3.25. The lowest BCUT2D eigenvalue weighted by Gasteiger charge is -2.25.